The van der Waals surface area contributed by atoms with E-state index in [1.165, 1.54) is 0 Å². The number of aromatic amines is 2. The minimum Gasteiger partial charge on any atom is -0.494 e. The Hall–Kier alpha value is -5.44. The number of ether oxygens (including phenoxy) is 2. The highest BCUT2D eigenvalue weighted by Crippen LogP contribution is 2.34. The zero-order valence-corrected chi connectivity index (χ0v) is 29.2. The van der Waals surface area contributed by atoms with Crippen molar-refractivity contribution in [1.82, 2.24) is 29.7 Å². The Morgan fingerprint density at radius 1 is 0.540 bits per heavy atom. The quantitative estimate of drug-likeness (QED) is 0.127. The molecule has 0 amide bonds. The molecule has 0 saturated carbocycles. The maximum atomic E-state index is 6.16. The van der Waals surface area contributed by atoms with Gasteiger partial charge < -0.3 is 29.2 Å². The van der Waals surface area contributed by atoms with Crippen LogP contribution < -0.4 is 9.47 Å². The Balaban J connectivity index is 1.33. The first kappa shape index (κ1) is 33.1. The number of benzene rings is 2. The standard InChI is InChI=1S/C42H44N6O2/c1-47(2)21-7-23-49-35-11-5-9-29(25-35)41-37-17-13-31(43-37)27-33-15-19-39(45-33)42(30-10-6-12-36(26-30)50-24-8-22-48(3)4)40-20-16-34(46-40)28-32-14-18-38(41)44-32/h5-6,9-20,25-28,43,46H,7-8,21-24H2,1-4H3. The second-order valence-corrected chi connectivity index (χ2v) is 13.3. The largest absolute Gasteiger partial charge is 0.494 e. The van der Waals surface area contributed by atoms with Gasteiger partial charge in [0.1, 0.15) is 11.5 Å². The molecule has 0 fully saturated rings. The summed E-state index contributed by atoms with van der Waals surface area (Å²) in [5.41, 5.74) is 11.5. The van der Waals surface area contributed by atoms with Crippen molar-refractivity contribution in [3.8, 4) is 33.8 Å². The third-order valence-corrected chi connectivity index (χ3v) is 8.68. The Kier molecular flexibility index (Phi) is 9.91. The highest BCUT2D eigenvalue weighted by atomic mass is 16.5. The summed E-state index contributed by atoms with van der Waals surface area (Å²) in [7, 11) is 8.32. The molecule has 254 valence electrons. The summed E-state index contributed by atoms with van der Waals surface area (Å²) in [6.45, 7) is 3.29. The molecular weight excluding hydrogens is 621 g/mol. The first-order valence-corrected chi connectivity index (χ1v) is 17.2. The third kappa shape index (κ3) is 7.88. The van der Waals surface area contributed by atoms with Crippen LogP contribution in [0, 0.1) is 0 Å². The van der Waals surface area contributed by atoms with Crippen LogP contribution in [0.5, 0.6) is 11.5 Å². The van der Waals surface area contributed by atoms with E-state index >= 15 is 0 Å². The van der Waals surface area contributed by atoms with Crippen molar-refractivity contribution in [3.05, 3.63) is 108 Å². The molecule has 0 saturated heterocycles. The first-order chi connectivity index (χ1) is 24.4. The molecule has 8 heteroatoms. The van der Waals surface area contributed by atoms with Gasteiger partial charge >= 0.3 is 0 Å². The number of hydrogen-bond donors (Lipinski definition) is 2. The zero-order chi connectivity index (χ0) is 34.5. The van der Waals surface area contributed by atoms with Gasteiger partial charge in [0.25, 0.3) is 0 Å². The average Bonchev–Trinajstić information content (AvgIpc) is 3.93. The lowest BCUT2D eigenvalue weighted by molar-refractivity contribution is 0.281. The van der Waals surface area contributed by atoms with E-state index in [4.69, 9.17) is 19.4 Å². The topological polar surface area (TPSA) is 82.3 Å². The van der Waals surface area contributed by atoms with Gasteiger partial charge in [-0.3, -0.25) is 0 Å². The molecule has 2 N–H and O–H groups in total. The Morgan fingerprint density at radius 3 is 1.44 bits per heavy atom. The second-order valence-electron chi connectivity index (χ2n) is 13.3. The summed E-state index contributed by atoms with van der Waals surface area (Å²) >= 11 is 0. The van der Waals surface area contributed by atoms with E-state index in [1.807, 2.05) is 24.3 Å². The SMILES string of the molecule is CN(C)CCCOc1cccc(-c2c3nc(cc4ccc([nH]4)c(-c4cccc(OCCCN(C)C)c4)c4nc(cc5ccc2[nH]5)C=C4)C=C3)c1. The Labute approximate surface area is 293 Å². The number of aromatic nitrogens is 4. The number of nitrogens with zero attached hydrogens (tertiary/aromatic N) is 4. The molecule has 0 atom stereocenters. The number of nitrogens with one attached hydrogen (secondary N) is 2. The summed E-state index contributed by atoms with van der Waals surface area (Å²) < 4.78 is 12.3. The minimum atomic E-state index is 0.661. The molecule has 0 radical (unpaired) electrons. The summed E-state index contributed by atoms with van der Waals surface area (Å²) in [6, 6.07) is 29.2. The fourth-order valence-corrected chi connectivity index (χ4v) is 6.30. The monoisotopic (exact) mass is 664 g/mol. The number of fused-ring (bicyclic) bond motifs is 8. The van der Waals surface area contributed by atoms with E-state index in [9.17, 15) is 0 Å². The van der Waals surface area contributed by atoms with Crippen molar-refractivity contribution in [2.45, 2.75) is 12.8 Å². The van der Waals surface area contributed by atoms with Crippen molar-refractivity contribution >= 4 is 46.4 Å². The maximum absolute atomic E-state index is 6.16. The zero-order valence-electron chi connectivity index (χ0n) is 29.2. The van der Waals surface area contributed by atoms with Crippen LogP contribution in [0.25, 0.3) is 68.6 Å². The van der Waals surface area contributed by atoms with Gasteiger partial charge in [0, 0.05) is 46.3 Å². The number of rotatable bonds is 12. The third-order valence-electron chi connectivity index (χ3n) is 8.68. The van der Waals surface area contributed by atoms with E-state index in [1.54, 1.807) is 0 Å². The summed E-state index contributed by atoms with van der Waals surface area (Å²) in [4.78, 5) is 21.9. The van der Waals surface area contributed by atoms with Crippen LogP contribution >= 0.6 is 0 Å². The fourth-order valence-electron chi connectivity index (χ4n) is 6.30. The van der Waals surface area contributed by atoms with Gasteiger partial charge in [-0.05, 0) is 137 Å². The molecule has 50 heavy (non-hydrogen) atoms. The summed E-state index contributed by atoms with van der Waals surface area (Å²) in [5.74, 6) is 1.69. The molecule has 2 aliphatic rings. The number of hydrogen-bond acceptors (Lipinski definition) is 6. The molecule has 8 nitrogen and oxygen atoms in total. The van der Waals surface area contributed by atoms with Crippen LogP contribution in [0.4, 0.5) is 0 Å². The van der Waals surface area contributed by atoms with Crippen molar-refractivity contribution in [3.63, 3.8) is 0 Å². The van der Waals surface area contributed by atoms with Gasteiger partial charge in [-0.1, -0.05) is 24.3 Å². The highest BCUT2D eigenvalue weighted by molar-refractivity contribution is 5.93. The average molecular weight is 665 g/mol. The minimum absolute atomic E-state index is 0.661. The summed E-state index contributed by atoms with van der Waals surface area (Å²) in [6.07, 6.45) is 10.2. The van der Waals surface area contributed by atoms with Crippen LogP contribution in [0.15, 0.2) is 84.9 Å². The van der Waals surface area contributed by atoms with Gasteiger partial charge in [-0.25, -0.2) is 9.97 Å². The Morgan fingerprint density at radius 2 is 1.00 bits per heavy atom. The second kappa shape index (κ2) is 15.0. The van der Waals surface area contributed by atoms with Crippen LogP contribution in [0.1, 0.15) is 35.6 Å². The number of H-pyrrole nitrogens is 2. The van der Waals surface area contributed by atoms with Crippen molar-refractivity contribution < 1.29 is 9.47 Å². The van der Waals surface area contributed by atoms with Crippen LogP contribution in [0.3, 0.4) is 0 Å². The van der Waals surface area contributed by atoms with Gasteiger partial charge in [0.05, 0.1) is 36.0 Å². The molecular formula is C42H44N6O2. The van der Waals surface area contributed by atoms with Gasteiger partial charge in [-0.2, -0.15) is 0 Å². The van der Waals surface area contributed by atoms with Gasteiger partial charge in [0.2, 0.25) is 0 Å². The van der Waals surface area contributed by atoms with Crippen molar-refractivity contribution in [2.24, 2.45) is 0 Å². The molecule has 2 aliphatic heterocycles. The molecule has 8 bridgehead atoms. The van der Waals surface area contributed by atoms with Gasteiger partial charge in [-0.15, -0.1) is 0 Å². The van der Waals surface area contributed by atoms with Crippen LogP contribution in [-0.2, 0) is 0 Å². The van der Waals surface area contributed by atoms with Crippen molar-refractivity contribution in [2.75, 3.05) is 54.5 Å². The molecule has 0 aliphatic carbocycles. The lowest BCUT2D eigenvalue weighted by Crippen LogP contribution is -2.15. The van der Waals surface area contributed by atoms with E-state index in [0.29, 0.717) is 13.2 Å². The maximum Gasteiger partial charge on any atom is 0.119 e. The van der Waals surface area contributed by atoms with E-state index in [-0.39, 0.29) is 0 Å². The lowest BCUT2D eigenvalue weighted by atomic mass is 10.0. The molecule has 2 aromatic carbocycles. The molecule has 0 spiro atoms. The lowest BCUT2D eigenvalue weighted by Gasteiger charge is -2.11. The molecule has 5 heterocycles. The van der Waals surface area contributed by atoms with Crippen molar-refractivity contribution in [1.29, 1.82) is 0 Å². The predicted molar refractivity (Wildman–Crippen MR) is 207 cm³/mol. The van der Waals surface area contributed by atoms with E-state index < -0.39 is 0 Å². The smallest absolute Gasteiger partial charge is 0.119 e. The van der Waals surface area contributed by atoms with Gasteiger partial charge in [0.15, 0.2) is 0 Å². The molecule has 5 aromatic rings. The van der Waals surface area contributed by atoms with E-state index in [0.717, 1.165) is 105 Å². The normalized spacial score (nSPS) is 12.3. The van der Waals surface area contributed by atoms with Crippen LogP contribution in [0.2, 0.25) is 0 Å². The molecule has 7 rings (SSSR count). The highest BCUT2D eigenvalue weighted by Gasteiger charge is 2.14. The first-order valence-electron chi connectivity index (χ1n) is 17.2. The fraction of sp³-hybridized carbons (Fsp3) is 0.238. The molecule has 0 unspecified atom stereocenters. The van der Waals surface area contributed by atoms with Crippen LogP contribution in [-0.4, -0.2) is 84.2 Å². The predicted octanol–water partition coefficient (Wildman–Crippen LogP) is 8.65. The Bertz CT molecular complexity index is 2050. The van der Waals surface area contributed by atoms with E-state index in [2.05, 4.69) is 133 Å². The summed E-state index contributed by atoms with van der Waals surface area (Å²) in [5, 5.41) is 0. The molecule has 3 aromatic heterocycles.